The van der Waals surface area contributed by atoms with Crippen molar-refractivity contribution in [1.82, 2.24) is 5.32 Å². The predicted octanol–water partition coefficient (Wildman–Crippen LogP) is 3.11. The summed E-state index contributed by atoms with van der Waals surface area (Å²) in [6, 6.07) is 0.486. The van der Waals surface area contributed by atoms with Crippen LogP contribution in [0.15, 0.2) is 0 Å². The van der Waals surface area contributed by atoms with Gasteiger partial charge in [-0.05, 0) is 32.1 Å². The Hall–Kier alpha value is -0.120. The molecule has 0 spiro atoms. The third kappa shape index (κ3) is 8.61. The van der Waals surface area contributed by atoms with Crippen LogP contribution in [0.2, 0.25) is 0 Å². The van der Waals surface area contributed by atoms with E-state index >= 15 is 0 Å². The molecule has 114 valence electrons. The summed E-state index contributed by atoms with van der Waals surface area (Å²) < 4.78 is 5.72. The van der Waals surface area contributed by atoms with Crippen LogP contribution < -0.4 is 5.32 Å². The van der Waals surface area contributed by atoms with E-state index < -0.39 is 0 Å². The Morgan fingerprint density at radius 2 is 1.84 bits per heavy atom. The van der Waals surface area contributed by atoms with Crippen LogP contribution in [0.1, 0.15) is 65.7 Å². The molecule has 3 nitrogen and oxygen atoms in total. The summed E-state index contributed by atoms with van der Waals surface area (Å²) in [4.78, 5) is 0. The monoisotopic (exact) mass is 271 g/mol. The van der Waals surface area contributed by atoms with Crippen LogP contribution in [-0.4, -0.2) is 36.5 Å². The average molecular weight is 271 g/mol. The Morgan fingerprint density at radius 3 is 2.47 bits per heavy atom. The van der Waals surface area contributed by atoms with Gasteiger partial charge in [-0.2, -0.15) is 0 Å². The molecule has 2 N–H and O–H groups in total. The minimum Gasteiger partial charge on any atom is -0.389 e. The molecule has 2 unspecified atom stereocenters. The second kappa shape index (κ2) is 9.73. The first-order valence-electron chi connectivity index (χ1n) is 8.11. The number of ether oxygens (including phenoxy) is 1. The number of nitrogens with one attached hydrogen (secondary N) is 1. The molecule has 0 aliphatic heterocycles. The van der Waals surface area contributed by atoms with Crippen LogP contribution in [-0.2, 0) is 4.74 Å². The molecule has 0 amide bonds. The Balaban J connectivity index is 1.97. The lowest BCUT2D eigenvalue weighted by molar-refractivity contribution is -0.00616. The maximum absolute atomic E-state index is 9.88. The fourth-order valence-electron chi connectivity index (χ4n) is 2.63. The molecule has 0 saturated heterocycles. The highest BCUT2D eigenvalue weighted by molar-refractivity contribution is 4.69. The fraction of sp³-hybridized carbons (Fsp3) is 1.00. The van der Waals surface area contributed by atoms with Gasteiger partial charge in [0.15, 0.2) is 0 Å². The second-order valence-corrected chi connectivity index (χ2v) is 6.53. The average Bonchev–Trinajstić information content (AvgIpc) is 2.86. The number of aliphatic hydroxyl groups is 1. The van der Waals surface area contributed by atoms with Gasteiger partial charge in [-0.3, -0.25) is 0 Å². The zero-order valence-corrected chi connectivity index (χ0v) is 13.0. The summed E-state index contributed by atoms with van der Waals surface area (Å²) in [5.41, 5.74) is 0. The first kappa shape index (κ1) is 16.9. The van der Waals surface area contributed by atoms with Gasteiger partial charge in [0.1, 0.15) is 0 Å². The second-order valence-electron chi connectivity index (χ2n) is 6.53. The third-order valence-corrected chi connectivity index (χ3v) is 3.95. The van der Waals surface area contributed by atoms with Gasteiger partial charge >= 0.3 is 0 Å². The van der Waals surface area contributed by atoms with Crippen molar-refractivity contribution in [3.8, 4) is 0 Å². The summed E-state index contributed by atoms with van der Waals surface area (Å²) in [6.45, 7) is 7.86. The van der Waals surface area contributed by atoms with E-state index in [1.54, 1.807) is 0 Å². The van der Waals surface area contributed by atoms with Gasteiger partial charge in [-0.15, -0.1) is 0 Å². The number of hydrogen-bond acceptors (Lipinski definition) is 3. The Morgan fingerprint density at radius 1 is 1.16 bits per heavy atom. The van der Waals surface area contributed by atoms with Crippen molar-refractivity contribution in [1.29, 1.82) is 0 Å². The summed E-state index contributed by atoms with van der Waals surface area (Å²) in [5, 5.41) is 13.3. The van der Waals surface area contributed by atoms with Gasteiger partial charge in [0.2, 0.25) is 0 Å². The highest BCUT2D eigenvalue weighted by Gasteiger charge is 2.17. The molecule has 1 aliphatic carbocycles. The molecular formula is C16H33NO2. The van der Waals surface area contributed by atoms with Crippen molar-refractivity contribution in [3.63, 3.8) is 0 Å². The quantitative estimate of drug-likeness (QED) is 0.641. The normalized spacial score (nSPS) is 20.1. The molecule has 1 rings (SSSR count). The molecular weight excluding hydrogens is 238 g/mol. The maximum atomic E-state index is 9.88. The molecule has 0 radical (unpaired) electrons. The molecule has 1 saturated carbocycles. The van der Waals surface area contributed by atoms with Crippen LogP contribution in [0, 0.1) is 5.92 Å². The van der Waals surface area contributed by atoms with Crippen molar-refractivity contribution < 1.29 is 9.84 Å². The zero-order valence-electron chi connectivity index (χ0n) is 13.0. The van der Waals surface area contributed by atoms with E-state index in [1.807, 2.05) is 0 Å². The van der Waals surface area contributed by atoms with E-state index in [0.717, 1.165) is 5.92 Å². The molecule has 1 aliphatic rings. The maximum Gasteiger partial charge on any atom is 0.0897 e. The van der Waals surface area contributed by atoms with Crippen LogP contribution in [0.25, 0.3) is 0 Å². The van der Waals surface area contributed by atoms with E-state index in [9.17, 15) is 5.11 Å². The summed E-state index contributed by atoms with van der Waals surface area (Å²) in [5.74, 6) is 0.789. The Bertz CT molecular complexity index is 215. The molecule has 2 atom stereocenters. The van der Waals surface area contributed by atoms with Crippen molar-refractivity contribution in [3.05, 3.63) is 0 Å². The van der Waals surface area contributed by atoms with Crippen molar-refractivity contribution in [2.75, 3.05) is 13.2 Å². The molecule has 0 aromatic carbocycles. The smallest absolute Gasteiger partial charge is 0.0897 e. The third-order valence-electron chi connectivity index (χ3n) is 3.95. The molecule has 3 heteroatoms. The van der Waals surface area contributed by atoms with Gasteiger partial charge < -0.3 is 15.2 Å². The molecule has 0 aromatic heterocycles. The zero-order chi connectivity index (χ0) is 14.1. The van der Waals surface area contributed by atoms with Crippen molar-refractivity contribution in [2.24, 2.45) is 5.92 Å². The number of hydrogen-bond donors (Lipinski definition) is 2. The minimum absolute atomic E-state index is 0.367. The summed E-state index contributed by atoms with van der Waals surface area (Å²) in [7, 11) is 0. The topological polar surface area (TPSA) is 41.5 Å². The highest BCUT2D eigenvalue weighted by Crippen LogP contribution is 2.20. The Kier molecular flexibility index (Phi) is 8.67. The van der Waals surface area contributed by atoms with Crippen LogP contribution in [0.3, 0.4) is 0 Å². The first-order valence-corrected chi connectivity index (χ1v) is 8.11. The van der Waals surface area contributed by atoms with Crippen LogP contribution >= 0.6 is 0 Å². The van der Waals surface area contributed by atoms with Crippen molar-refractivity contribution >= 4 is 0 Å². The predicted molar refractivity (Wildman–Crippen MR) is 80.4 cm³/mol. The van der Waals surface area contributed by atoms with Crippen LogP contribution in [0.4, 0.5) is 0 Å². The van der Waals surface area contributed by atoms with Gasteiger partial charge in [-0.1, -0.05) is 39.5 Å². The van der Waals surface area contributed by atoms with E-state index in [2.05, 4.69) is 26.1 Å². The highest BCUT2D eigenvalue weighted by atomic mass is 16.5. The summed E-state index contributed by atoms with van der Waals surface area (Å²) in [6.07, 6.45) is 8.69. The SMILES string of the molecule is CC(C)CCCC(C)NCC(O)COC1CCCC1. The lowest BCUT2D eigenvalue weighted by Crippen LogP contribution is -2.36. The van der Waals surface area contributed by atoms with Gasteiger partial charge in [-0.25, -0.2) is 0 Å². The molecule has 0 bridgehead atoms. The van der Waals surface area contributed by atoms with Crippen LogP contribution in [0.5, 0.6) is 0 Å². The van der Waals surface area contributed by atoms with E-state index in [-0.39, 0.29) is 6.10 Å². The van der Waals surface area contributed by atoms with Gasteiger partial charge in [0, 0.05) is 12.6 Å². The van der Waals surface area contributed by atoms with E-state index in [0.29, 0.717) is 25.3 Å². The largest absolute Gasteiger partial charge is 0.389 e. The van der Waals surface area contributed by atoms with Crippen molar-refractivity contribution in [2.45, 2.75) is 84.0 Å². The Labute approximate surface area is 119 Å². The molecule has 0 aromatic rings. The van der Waals surface area contributed by atoms with E-state index in [1.165, 1.54) is 44.9 Å². The molecule has 0 heterocycles. The van der Waals surface area contributed by atoms with Gasteiger partial charge in [0.25, 0.3) is 0 Å². The van der Waals surface area contributed by atoms with E-state index in [4.69, 9.17) is 4.74 Å². The summed E-state index contributed by atoms with van der Waals surface area (Å²) >= 11 is 0. The minimum atomic E-state index is -0.367. The number of aliphatic hydroxyl groups excluding tert-OH is 1. The molecule has 19 heavy (non-hydrogen) atoms. The lowest BCUT2D eigenvalue weighted by Gasteiger charge is -2.19. The first-order chi connectivity index (χ1) is 9.08. The van der Waals surface area contributed by atoms with Gasteiger partial charge in [0.05, 0.1) is 18.8 Å². The molecule has 1 fully saturated rings. The fourth-order valence-corrected chi connectivity index (χ4v) is 2.63. The number of rotatable bonds is 10. The lowest BCUT2D eigenvalue weighted by atomic mass is 10.0. The standard InChI is InChI=1S/C16H33NO2/c1-13(2)7-6-8-14(3)17-11-15(18)12-19-16-9-4-5-10-16/h13-18H,4-12H2,1-3H3.